The highest BCUT2D eigenvalue weighted by molar-refractivity contribution is 5.96. The lowest BCUT2D eigenvalue weighted by Gasteiger charge is -2.27. The second kappa shape index (κ2) is 12.5. The number of amides is 3. The number of carbonyl (C=O) groups is 3. The number of halogens is 3. The van der Waals surface area contributed by atoms with E-state index in [2.05, 4.69) is 20.4 Å². The Balaban J connectivity index is 1.05. The summed E-state index contributed by atoms with van der Waals surface area (Å²) in [5, 5.41) is 5.33. The summed E-state index contributed by atoms with van der Waals surface area (Å²) in [5.74, 6) is -1.08. The van der Waals surface area contributed by atoms with E-state index in [-0.39, 0.29) is 30.0 Å². The van der Waals surface area contributed by atoms with E-state index in [0.717, 1.165) is 56.4 Å². The van der Waals surface area contributed by atoms with E-state index in [1.54, 1.807) is 0 Å². The highest BCUT2D eigenvalue weighted by atomic mass is 19.4. The van der Waals surface area contributed by atoms with Gasteiger partial charge in [0.25, 0.3) is 11.8 Å². The van der Waals surface area contributed by atoms with Crippen molar-refractivity contribution in [2.45, 2.75) is 31.1 Å². The minimum Gasteiger partial charge on any atom is -0.378 e. The number of nitrogens with one attached hydrogen (secondary N) is 2. The first-order valence-corrected chi connectivity index (χ1v) is 13.9. The predicted octanol–water partition coefficient (Wildman–Crippen LogP) is 2.38. The normalized spacial score (nSPS) is 21.6. The van der Waals surface area contributed by atoms with Crippen molar-refractivity contribution in [2.24, 2.45) is 0 Å². The summed E-state index contributed by atoms with van der Waals surface area (Å²) in [4.78, 5) is 43.9. The predicted molar refractivity (Wildman–Crippen MR) is 146 cm³/mol. The average molecular weight is 574 g/mol. The molecule has 9 nitrogen and oxygen atoms in total. The van der Waals surface area contributed by atoms with Crippen LogP contribution in [0.15, 0.2) is 48.5 Å². The van der Waals surface area contributed by atoms with Crippen LogP contribution < -0.4 is 15.5 Å². The number of nitrogens with zero attached hydrogens (tertiary/aromatic N) is 3. The topological polar surface area (TPSA) is 94.2 Å². The zero-order chi connectivity index (χ0) is 29.0. The molecule has 2 aromatic rings. The maximum absolute atomic E-state index is 12.9. The maximum Gasteiger partial charge on any atom is 0.416 e. The van der Waals surface area contributed by atoms with Gasteiger partial charge in [0.05, 0.1) is 25.3 Å². The van der Waals surface area contributed by atoms with Crippen LogP contribution in [-0.2, 0) is 15.7 Å². The molecule has 220 valence electrons. The molecule has 2 atom stereocenters. The van der Waals surface area contributed by atoms with Gasteiger partial charge >= 0.3 is 6.18 Å². The van der Waals surface area contributed by atoms with Crippen LogP contribution in [0.25, 0.3) is 0 Å². The third-order valence-electron chi connectivity index (χ3n) is 7.90. The average Bonchev–Trinajstić information content (AvgIpc) is 3.66. The Kier molecular flexibility index (Phi) is 8.79. The van der Waals surface area contributed by atoms with Gasteiger partial charge in [0.2, 0.25) is 5.91 Å². The molecular weight excluding hydrogens is 539 g/mol. The summed E-state index contributed by atoms with van der Waals surface area (Å²) in [5.41, 5.74) is 0.688. The molecule has 0 saturated carbocycles. The van der Waals surface area contributed by atoms with Crippen LogP contribution >= 0.6 is 0 Å². The van der Waals surface area contributed by atoms with Gasteiger partial charge < -0.3 is 25.2 Å². The molecule has 41 heavy (non-hydrogen) atoms. The van der Waals surface area contributed by atoms with Crippen molar-refractivity contribution in [2.75, 3.05) is 63.9 Å². The lowest BCUT2D eigenvalue weighted by molar-refractivity contribution is -0.137. The molecule has 2 N–H and O–H groups in total. The third kappa shape index (κ3) is 7.17. The van der Waals surface area contributed by atoms with E-state index < -0.39 is 17.6 Å². The number of likely N-dealkylation sites (tertiary alicyclic amines) is 1. The Labute approximate surface area is 236 Å². The fraction of sp³-hybridized carbons (Fsp3) is 0.483. The molecule has 2 aromatic carbocycles. The summed E-state index contributed by atoms with van der Waals surface area (Å²) < 4.78 is 44.0. The van der Waals surface area contributed by atoms with Crippen molar-refractivity contribution in [3.05, 3.63) is 65.2 Å². The molecule has 0 aliphatic carbocycles. The molecule has 5 rings (SSSR count). The van der Waals surface area contributed by atoms with Gasteiger partial charge in [0.15, 0.2) is 0 Å². The molecule has 3 amide bonds. The monoisotopic (exact) mass is 573 g/mol. The highest BCUT2D eigenvalue weighted by Crippen LogP contribution is 2.29. The smallest absolute Gasteiger partial charge is 0.378 e. The molecule has 3 heterocycles. The van der Waals surface area contributed by atoms with Gasteiger partial charge in [-0.3, -0.25) is 19.3 Å². The van der Waals surface area contributed by atoms with Gasteiger partial charge in [0.1, 0.15) is 0 Å². The largest absolute Gasteiger partial charge is 0.416 e. The number of rotatable bonds is 7. The number of morpholine rings is 1. The first-order chi connectivity index (χ1) is 19.7. The van der Waals surface area contributed by atoms with Crippen LogP contribution in [0.4, 0.5) is 18.9 Å². The number of hydrogen-bond donors (Lipinski definition) is 2. The Morgan fingerprint density at radius 1 is 0.902 bits per heavy atom. The van der Waals surface area contributed by atoms with Crippen LogP contribution in [0, 0.1) is 0 Å². The van der Waals surface area contributed by atoms with E-state index in [4.69, 9.17) is 4.74 Å². The lowest BCUT2D eigenvalue weighted by Crippen LogP contribution is -2.44. The van der Waals surface area contributed by atoms with Gasteiger partial charge in [0, 0.05) is 68.2 Å². The van der Waals surface area contributed by atoms with Crippen molar-refractivity contribution in [1.29, 1.82) is 0 Å². The maximum atomic E-state index is 12.9. The minimum absolute atomic E-state index is 0.0273. The van der Waals surface area contributed by atoms with E-state index in [1.807, 2.05) is 29.2 Å². The van der Waals surface area contributed by atoms with E-state index >= 15 is 0 Å². The number of alkyl halides is 3. The Bertz CT molecular complexity index is 1250. The summed E-state index contributed by atoms with van der Waals surface area (Å²) in [6.07, 6.45) is -2.78. The second-order valence-corrected chi connectivity index (χ2v) is 10.6. The Morgan fingerprint density at radius 2 is 1.66 bits per heavy atom. The van der Waals surface area contributed by atoms with Gasteiger partial charge in [-0.25, -0.2) is 0 Å². The van der Waals surface area contributed by atoms with Crippen LogP contribution in [0.5, 0.6) is 0 Å². The molecule has 0 aromatic heterocycles. The van der Waals surface area contributed by atoms with E-state index in [1.165, 1.54) is 6.07 Å². The van der Waals surface area contributed by atoms with Crippen molar-refractivity contribution in [3.8, 4) is 0 Å². The number of carbonyl (C=O) groups excluding carboxylic acids is 3. The standard InChI is InChI=1S/C29H34F3N5O4/c30-29(31,32)22-3-1-2-21(16-22)27(39)33-17-26(38)34-23-8-10-36(18-23)25-9-11-37(19-25)24-6-4-20(5-7-24)28(40)35-12-14-41-15-13-35/h1-7,16,23,25H,8-15,17-19H2,(H,33,39)(H,34,38)/t23-,25?/m1/s1. The second-order valence-electron chi connectivity index (χ2n) is 10.6. The van der Waals surface area contributed by atoms with Crippen LogP contribution in [0.1, 0.15) is 39.1 Å². The number of anilines is 1. The highest BCUT2D eigenvalue weighted by Gasteiger charge is 2.34. The Morgan fingerprint density at radius 3 is 2.39 bits per heavy atom. The van der Waals surface area contributed by atoms with Gasteiger partial charge in [-0.05, 0) is 55.3 Å². The summed E-state index contributed by atoms with van der Waals surface area (Å²) in [6, 6.07) is 12.1. The zero-order valence-corrected chi connectivity index (χ0v) is 22.7. The third-order valence-corrected chi connectivity index (χ3v) is 7.90. The minimum atomic E-state index is -4.55. The van der Waals surface area contributed by atoms with Crippen LogP contribution in [0.3, 0.4) is 0 Å². The lowest BCUT2D eigenvalue weighted by atomic mass is 10.1. The van der Waals surface area contributed by atoms with Crippen molar-refractivity contribution >= 4 is 23.4 Å². The molecule has 0 radical (unpaired) electrons. The van der Waals surface area contributed by atoms with Crippen molar-refractivity contribution < 1.29 is 32.3 Å². The molecule has 1 unspecified atom stereocenters. The molecule has 3 aliphatic heterocycles. The SMILES string of the molecule is O=C(CNC(=O)c1cccc(C(F)(F)F)c1)N[C@@H]1CCN(C2CCN(c3ccc(C(=O)N4CCOCC4)cc3)C2)C1. The molecular formula is C29H34F3N5O4. The molecule has 0 bridgehead atoms. The summed E-state index contributed by atoms with van der Waals surface area (Å²) >= 11 is 0. The van der Waals surface area contributed by atoms with Gasteiger partial charge in [-0.1, -0.05) is 6.07 Å². The van der Waals surface area contributed by atoms with Crippen LogP contribution in [0.2, 0.25) is 0 Å². The molecule has 3 aliphatic rings. The number of ether oxygens (including phenoxy) is 1. The van der Waals surface area contributed by atoms with E-state index in [0.29, 0.717) is 44.5 Å². The van der Waals surface area contributed by atoms with Gasteiger partial charge in [-0.15, -0.1) is 0 Å². The van der Waals surface area contributed by atoms with Gasteiger partial charge in [-0.2, -0.15) is 13.2 Å². The first-order valence-electron chi connectivity index (χ1n) is 13.9. The van der Waals surface area contributed by atoms with Crippen molar-refractivity contribution in [3.63, 3.8) is 0 Å². The summed E-state index contributed by atoms with van der Waals surface area (Å²) in [6.45, 7) is 5.33. The van der Waals surface area contributed by atoms with Crippen LogP contribution in [-0.4, -0.2) is 98.6 Å². The molecule has 12 heteroatoms. The molecule has 3 saturated heterocycles. The Hall–Kier alpha value is -3.64. The van der Waals surface area contributed by atoms with E-state index in [9.17, 15) is 27.6 Å². The fourth-order valence-electron chi connectivity index (χ4n) is 5.65. The van der Waals surface area contributed by atoms with Crippen molar-refractivity contribution in [1.82, 2.24) is 20.4 Å². The number of benzene rings is 2. The summed E-state index contributed by atoms with van der Waals surface area (Å²) in [7, 11) is 0. The number of hydrogen-bond acceptors (Lipinski definition) is 6. The quantitative estimate of drug-likeness (QED) is 0.529. The molecule has 3 fully saturated rings. The fourth-order valence-corrected chi connectivity index (χ4v) is 5.65. The molecule has 0 spiro atoms. The zero-order valence-electron chi connectivity index (χ0n) is 22.7. The first kappa shape index (κ1) is 28.9.